The molecule has 1 atom stereocenters. The van der Waals surface area contributed by atoms with Crippen molar-refractivity contribution in [3.8, 4) is 0 Å². The standard InChI is InChI=1S/C12H26N4OS/c1-15-6-8-16(9-7-15)5-4-14-12(17)11(13)3-10-18-2/h11H,3-10,13H2,1-2H3,(H,14,17)/t11-/m1/s1. The number of nitrogens with one attached hydrogen (secondary N) is 1. The summed E-state index contributed by atoms with van der Waals surface area (Å²) >= 11 is 1.72. The molecule has 1 aliphatic rings. The second-order valence-electron chi connectivity index (χ2n) is 4.82. The van der Waals surface area contributed by atoms with Crippen molar-refractivity contribution < 1.29 is 4.79 Å². The van der Waals surface area contributed by atoms with E-state index in [1.807, 2.05) is 6.26 Å². The van der Waals surface area contributed by atoms with Crippen molar-refractivity contribution in [3.63, 3.8) is 0 Å². The van der Waals surface area contributed by atoms with Gasteiger partial charge in [0.05, 0.1) is 6.04 Å². The minimum atomic E-state index is -0.357. The Morgan fingerprint density at radius 3 is 2.67 bits per heavy atom. The maximum absolute atomic E-state index is 11.7. The molecule has 5 nitrogen and oxygen atoms in total. The number of carbonyl (C=O) groups excluding carboxylic acids is 1. The quantitative estimate of drug-likeness (QED) is 0.651. The van der Waals surface area contributed by atoms with Gasteiger partial charge in [-0.2, -0.15) is 11.8 Å². The predicted octanol–water partition coefficient (Wildman–Crippen LogP) is -0.570. The first-order valence-electron chi connectivity index (χ1n) is 6.56. The number of thioether (sulfide) groups is 1. The van der Waals surface area contributed by atoms with Gasteiger partial charge < -0.3 is 16.0 Å². The van der Waals surface area contributed by atoms with Gasteiger partial charge in [-0.25, -0.2) is 0 Å². The molecule has 0 radical (unpaired) electrons. The van der Waals surface area contributed by atoms with Crippen molar-refractivity contribution in [2.24, 2.45) is 5.73 Å². The SMILES string of the molecule is CSCC[C@@H](N)C(=O)NCCN1CCN(C)CC1. The van der Waals surface area contributed by atoms with Crippen molar-refractivity contribution in [1.29, 1.82) is 0 Å². The van der Waals surface area contributed by atoms with E-state index in [9.17, 15) is 4.79 Å². The Kier molecular flexibility index (Phi) is 7.65. The lowest BCUT2D eigenvalue weighted by atomic mass is 10.2. The Morgan fingerprint density at radius 1 is 1.39 bits per heavy atom. The Labute approximate surface area is 114 Å². The molecule has 0 aromatic rings. The van der Waals surface area contributed by atoms with Crippen LogP contribution >= 0.6 is 11.8 Å². The summed E-state index contributed by atoms with van der Waals surface area (Å²) in [5.74, 6) is 0.922. The monoisotopic (exact) mass is 274 g/mol. The summed E-state index contributed by atoms with van der Waals surface area (Å²) in [5, 5.41) is 2.92. The lowest BCUT2D eigenvalue weighted by molar-refractivity contribution is -0.122. The van der Waals surface area contributed by atoms with E-state index < -0.39 is 0 Å². The van der Waals surface area contributed by atoms with Crippen LogP contribution in [0.1, 0.15) is 6.42 Å². The van der Waals surface area contributed by atoms with E-state index in [1.165, 1.54) is 0 Å². The number of amides is 1. The van der Waals surface area contributed by atoms with Crippen LogP contribution in [0.2, 0.25) is 0 Å². The number of hydrogen-bond donors (Lipinski definition) is 2. The number of carbonyl (C=O) groups is 1. The van der Waals surface area contributed by atoms with Gasteiger partial charge in [0.1, 0.15) is 0 Å². The van der Waals surface area contributed by atoms with Crippen LogP contribution in [0.5, 0.6) is 0 Å². The number of nitrogens with two attached hydrogens (primary N) is 1. The van der Waals surface area contributed by atoms with Crippen molar-refractivity contribution >= 4 is 17.7 Å². The van der Waals surface area contributed by atoms with Crippen LogP contribution in [0.3, 0.4) is 0 Å². The van der Waals surface area contributed by atoms with Crippen LogP contribution in [-0.2, 0) is 4.79 Å². The van der Waals surface area contributed by atoms with Gasteiger partial charge in [-0.05, 0) is 25.5 Å². The van der Waals surface area contributed by atoms with E-state index in [-0.39, 0.29) is 11.9 Å². The van der Waals surface area contributed by atoms with E-state index in [4.69, 9.17) is 5.73 Å². The fourth-order valence-electron chi connectivity index (χ4n) is 1.92. The number of likely N-dealkylation sites (N-methyl/N-ethyl adjacent to an activating group) is 1. The molecule has 1 fully saturated rings. The molecule has 1 rings (SSSR count). The molecule has 0 aromatic carbocycles. The summed E-state index contributed by atoms with van der Waals surface area (Å²) in [7, 11) is 2.14. The van der Waals surface area contributed by atoms with E-state index in [2.05, 4.69) is 22.2 Å². The van der Waals surface area contributed by atoms with Crippen molar-refractivity contribution in [2.75, 3.05) is 58.3 Å². The normalized spacial score (nSPS) is 19.7. The van der Waals surface area contributed by atoms with Crippen LogP contribution in [0.4, 0.5) is 0 Å². The molecule has 0 aromatic heterocycles. The molecular formula is C12H26N4OS. The third-order valence-corrected chi connectivity index (χ3v) is 3.94. The Hall–Kier alpha value is -0.300. The summed E-state index contributed by atoms with van der Waals surface area (Å²) < 4.78 is 0. The fourth-order valence-corrected chi connectivity index (χ4v) is 2.41. The predicted molar refractivity (Wildman–Crippen MR) is 77.9 cm³/mol. The molecule has 1 saturated heterocycles. The lowest BCUT2D eigenvalue weighted by Crippen LogP contribution is -2.48. The Morgan fingerprint density at radius 2 is 2.06 bits per heavy atom. The minimum Gasteiger partial charge on any atom is -0.353 e. The number of piperazine rings is 1. The van der Waals surface area contributed by atoms with Gasteiger partial charge in [-0.1, -0.05) is 0 Å². The fraction of sp³-hybridized carbons (Fsp3) is 0.917. The second-order valence-corrected chi connectivity index (χ2v) is 5.81. The summed E-state index contributed by atoms with van der Waals surface area (Å²) in [4.78, 5) is 16.4. The second kappa shape index (κ2) is 8.74. The van der Waals surface area contributed by atoms with Gasteiger partial charge in [-0.3, -0.25) is 9.69 Å². The molecular weight excluding hydrogens is 248 g/mol. The third kappa shape index (κ3) is 6.04. The smallest absolute Gasteiger partial charge is 0.236 e. The van der Waals surface area contributed by atoms with Gasteiger partial charge >= 0.3 is 0 Å². The molecule has 0 spiro atoms. The average Bonchev–Trinajstić information content (AvgIpc) is 2.38. The molecule has 1 heterocycles. The zero-order valence-corrected chi connectivity index (χ0v) is 12.3. The van der Waals surface area contributed by atoms with Crippen molar-refractivity contribution in [1.82, 2.24) is 15.1 Å². The molecule has 0 aliphatic carbocycles. The molecule has 0 unspecified atom stereocenters. The van der Waals surface area contributed by atoms with E-state index in [0.29, 0.717) is 6.54 Å². The Bertz CT molecular complexity index is 244. The molecule has 1 aliphatic heterocycles. The number of rotatable bonds is 7. The first-order chi connectivity index (χ1) is 8.63. The molecule has 0 saturated carbocycles. The highest BCUT2D eigenvalue weighted by molar-refractivity contribution is 7.98. The zero-order valence-electron chi connectivity index (χ0n) is 11.5. The first kappa shape index (κ1) is 15.8. The van der Waals surface area contributed by atoms with Gasteiger partial charge in [0.15, 0.2) is 0 Å². The average molecular weight is 274 g/mol. The van der Waals surface area contributed by atoms with Crippen LogP contribution in [0, 0.1) is 0 Å². The van der Waals surface area contributed by atoms with Crippen molar-refractivity contribution in [2.45, 2.75) is 12.5 Å². The highest BCUT2D eigenvalue weighted by Gasteiger charge is 2.15. The zero-order chi connectivity index (χ0) is 13.4. The van der Waals surface area contributed by atoms with Crippen LogP contribution in [-0.4, -0.2) is 80.1 Å². The highest BCUT2D eigenvalue weighted by Crippen LogP contribution is 1.99. The van der Waals surface area contributed by atoms with Gasteiger partial charge in [0.25, 0.3) is 0 Å². The number of nitrogens with zero attached hydrogens (tertiary/aromatic N) is 2. The maximum Gasteiger partial charge on any atom is 0.236 e. The summed E-state index contributed by atoms with van der Waals surface area (Å²) in [6, 6.07) is -0.357. The molecule has 18 heavy (non-hydrogen) atoms. The summed E-state index contributed by atoms with van der Waals surface area (Å²) in [5.41, 5.74) is 5.80. The van der Waals surface area contributed by atoms with Gasteiger partial charge in [0, 0.05) is 39.3 Å². The van der Waals surface area contributed by atoms with E-state index >= 15 is 0 Å². The molecule has 6 heteroatoms. The van der Waals surface area contributed by atoms with Crippen molar-refractivity contribution in [3.05, 3.63) is 0 Å². The van der Waals surface area contributed by atoms with E-state index in [0.717, 1.165) is 44.9 Å². The topological polar surface area (TPSA) is 61.6 Å². The van der Waals surface area contributed by atoms with Gasteiger partial charge in [0.2, 0.25) is 5.91 Å². The van der Waals surface area contributed by atoms with E-state index in [1.54, 1.807) is 11.8 Å². The third-order valence-electron chi connectivity index (χ3n) is 3.29. The molecule has 0 bridgehead atoms. The lowest BCUT2D eigenvalue weighted by Gasteiger charge is -2.32. The summed E-state index contributed by atoms with van der Waals surface area (Å²) in [6.45, 7) is 6.03. The first-order valence-corrected chi connectivity index (χ1v) is 7.96. The molecule has 3 N–H and O–H groups in total. The Balaban J connectivity index is 2.08. The van der Waals surface area contributed by atoms with Crippen LogP contribution < -0.4 is 11.1 Å². The van der Waals surface area contributed by atoms with Crippen LogP contribution in [0.15, 0.2) is 0 Å². The minimum absolute atomic E-state index is 0.0156. The number of hydrogen-bond acceptors (Lipinski definition) is 5. The highest BCUT2D eigenvalue weighted by atomic mass is 32.2. The van der Waals surface area contributed by atoms with Gasteiger partial charge in [-0.15, -0.1) is 0 Å². The molecule has 106 valence electrons. The van der Waals surface area contributed by atoms with Crippen LogP contribution in [0.25, 0.3) is 0 Å². The molecule has 1 amide bonds. The maximum atomic E-state index is 11.7. The summed E-state index contributed by atoms with van der Waals surface area (Å²) in [6.07, 6.45) is 2.78. The largest absolute Gasteiger partial charge is 0.353 e.